The van der Waals surface area contributed by atoms with Crippen molar-refractivity contribution in [3.8, 4) is 0 Å². The zero-order valence-corrected chi connectivity index (χ0v) is 52.0. The van der Waals surface area contributed by atoms with Gasteiger partial charge in [0.05, 0.1) is 23.5 Å². The zero-order valence-electron chi connectivity index (χ0n) is 52.0. The van der Waals surface area contributed by atoms with E-state index in [-0.39, 0.29) is 23.9 Å². The number of carboxylic acids is 2. The number of aryl methyl sites for hydroxylation is 6. The number of benzene rings is 4. The first-order valence-electron chi connectivity index (χ1n) is 33.9. The maximum atomic E-state index is 12.6. The Bertz CT molecular complexity index is 3000. The first-order valence-corrected chi connectivity index (χ1v) is 33.9. The van der Waals surface area contributed by atoms with E-state index in [1.807, 2.05) is 0 Å². The number of aromatic nitrogens is 4. The average molecular weight is 1170 g/mol. The summed E-state index contributed by atoms with van der Waals surface area (Å²) in [6.07, 6.45) is 22.0. The second-order valence-corrected chi connectivity index (χ2v) is 26.7. The quantitative estimate of drug-likeness (QED) is 0.0679. The molecule has 6 atom stereocenters. The van der Waals surface area contributed by atoms with Gasteiger partial charge in [-0.05, 0) is 148 Å². The molecule has 2 aromatic heterocycles. The molecule has 12 rings (SSSR count). The number of hydrogen-bond acceptors (Lipinski definition) is 8. The summed E-state index contributed by atoms with van der Waals surface area (Å²) in [4.78, 5) is 35.2. The van der Waals surface area contributed by atoms with Gasteiger partial charge in [-0.2, -0.15) is 10.2 Å². The molecular weight excluding hydrogens is 1060 g/mol. The highest BCUT2D eigenvalue weighted by Crippen LogP contribution is 2.41. The third kappa shape index (κ3) is 15.7. The van der Waals surface area contributed by atoms with Crippen molar-refractivity contribution in [2.45, 2.75) is 178 Å². The lowest BCUT2D eigenvalue weighted by Gasteiger charge is -2.36. The van der Waals surface area contributed by atoms with Gasteiger partial charge in [-0.25, -0.2) is 0 Å². The van der Waals surface area contributed by atoms with Gasteiger partial charge in [0.25, 0.3) is 0 Å². The van der Waals surface area contributed by atoms with Gasteiger partial charge in [-0.15, -0.1) is 0 Å². The Kier molecular flexibility index (Phi) is 21.8. The number of aliphatic carboxylic acids is 2. The number of rotatable bonds is 22. The first kappa shape index (κ1) is 61.7. The molecule has 6 fully saturated rings. The van der Waals surface area contributed by atoms with Crippen molar-refractivity contribution in [3.05, 3.63) is 178 Å². The molecule has 2 N–H and O–H groups in total. The van der Waals surface area contributed by atoms with E-state index in [0.717, 1.165) is 155 Å². The zero-order chi connectivity index (χ0) is 59.2. The highest BCUT2D eigenvalue weighted by Gasteiger charge is 2.45. The van der Waals surface area contributed by atoms with Crippen LogP contribution in [-0.2, 0) is 48.1 Å². The third-order valence-electron chi connectivity index (χ3n) is 21.1. The highest BCUT2D eigenvalue weighted by atomic mass is 16.4. The largest absolute Gasteiger partial charge is 0.480 e. The van der Waals surface area contributed by atoms with Gasteiger partial charge in [0.15, 0.2) is 0 Å². The SMILES string of the molecule is CCc1cc(CCc2ccccc2)n(C2CCN(C[C@H]3CN([C@@H](C(=O)O)C4CCCCC4)C[C@@H]3c3ccccc3)CC2)n1.CCc1cc(CCc2ccccc2)nn1C1CCN(C[C@H]2CN([C@@H](C(=O)O)C3CCCCC3)C[C@@H]2c2ccccc2)CC1. The highest BCUT2D eigenvalue weighted by molar-refractivity contribution is 5.74. The molecule has 2 saturated carbocycles. The molecule has 86 heavy (non-hydrogen) atoms. The summed E-state index contributed by atoms with van der Waals surface area (Å²) in [5.41, 5.74) is 10.6. The minimum Gasteiger partial charge on any atom is -0.480 e. The van der Waals surface area contributed by atoms with Crippen LogP contribution >= 0.6 is 0 Å². The Morgan fingerprint density at radius 2 is 0.849 bits per heavy atom. The van der Waals surface area contributed by atoms with Crippen molar-refractivity contribution in [3.63, 3.8) is 0 Å². The number of likely N-dealkylation sites (tertiary alicyclic amines) is 4. The standard InChI is InChI=1S/2C37H50N4O2/c1-2-33-24-32(19-18-28-12-6-3-7-13-28)38-41(33)34-20-22-39(23-21-34)25-31-26-40(27-35(31)29-14-8-4-9-15-29)36(37(42)43)30-16-10-5-11-17-30;1-2-32-24-34(19-18-28-12-6-3-7-13-28)41(38-32)33-20-22-39(23-21-33)25-31-26-40(27-35(31)29-14-8-4-9-15-29)36(37(42)43)30-16-10-5-11-17-30/h3-4,6-9,12-15,24,30-31,34-36H,2,5,10-11,16-23,25-27H2,1H3,(H,42,43);3-4,6-9,12-15,24,30-31,33,35-36H,2,5,10-11,16-23,25-27H2,1H3,(H,42,43)/t2*31-,35+,36+/m00/s1. The molecule has 6 heterocycles. The van der Waals surface area contributed by atoms with Crippen LogP contribution in [0.25, 0.3) is 0 Å². The molecule has 0 radical (unpaired) electrons. The number of hydrogen-bond donors (Lipinski definition) is 2. The fraction of sp³-hybridized carbons (Fsp3) is 0.568. The lowest BCUT2D eigenvalue weighted by molar-refractivity contribution is -0.146. The Morgan fingerprint density at radius 1 is 0.453 bits per heavy atom. The second-order valence-electron chi connectivity index (χ2n) is 26.7. The lowest BCUT2D eigenvalue weighted by atomic mass is 9.83. The van der Waals surface area contributed by atoms with Crippen LogP contribution in [0.5, 0.6) is 0 Å². The van der Waals surface area contributed by atoms with E-state index in [4.69, 9.17) is 10.2 Å². The topological polar surface area (TPSA) is 123 Å². The van der Waals surface area contributed by atoms with Crippen LogP contribution in [0.1, 0.15) is 173 Å². The summed E-state index contributed by atoms with van der Waals surface area (Å²) in [6.45, 7) is 14.3. The number of piperidine rings is 2. The van der Waals surface area contributed by atoms with E-state index in [9.17, 15) is 19.8 Å². The predicted molar refractivity (Wildman–Crippen MR) is 345 cm³/mol. The first-order chi connectivity index (χ1) is 42.2. The molecule has 2 aliphatic carbocycles. The summed E-state index contributed by atoms with van der Waals surface area (Å²) in [5, 5.41) is 30.9. The van der Waals surface area contributed by atoms with Gasteiger partial charge in [0.1, 0.15) is 12.1 Å². The third-order valence-corrected chi connectivity index (χ3v) is 21.1. The van der Waals surface area contributed by atoms with E-state index in [0.29, 0.717) is 35.8 Å². The molecule has 0 bridgehead atoms. The minimum absolute atomic E-state index is 0.287. The van der Waals surface area contributed by atoms with Crippen LogP contribution in [0.3, 0.4) is 0 Å². The van der Waals surface area contributed by atoms with Crippen molar-refractivity contribution in [1.29, 1.82) is 0 Å². The molecule has 12 nitrogen and oxygen atoms in total. The fourth-order valence-corrected chi connectivity index (χ4v) is 16.5. The Hall–Kier alpha value is -5.92. The van der Waals surface area contributed by atoms with Crippen LogP contribution in [0.2, 0.25) is 0 Å². The summed E-state index contributed by atoms with van der Waals surface area (Å²) >= 11 is 0. The van der Waals surface area contributed by atoms with Crippen LogP contribution in [0.15, 0.2) is 133 Å². The van der Waals surface area contributed by atoms with Crippen molar-refractivity contribution in [2.24, 2.45) is 23.7 Å². The van der Waals surface area contributed by atoms with Gasteiger partial charge in [-0.3, -0.25) is 28.8 Å². The molecule has 0 amide bonds. The Balaban J connectivity index is 0.000000179. The molecular formula is C74H100N8O4. The van der Waals surface area contributed by atoms with Crippen molar-refractivity contribution in [1.82, 2.24) is 39.2 Å². The monoisotopic (exact) mass is 1160 g/mol. The Morgan fingerprint density at radius 3 is 1.27 bits per heavy atom. The Labute approximate surface area is 514 Å². The lowest BCUT2D eigenvalue weighted by Crippen LogP contribution is -2.46. The van der Waals surface area contributed by atoms with Crippen LogP contribution < -0.4 is 0 Å². The van der Waals surface area contributed by atoms with Crippen LogP contribution in [0, 0.1) is 23.7 Å². The maximum Gasteiger partial charge on any atom is 0.321 e. The minimum atomic E-state index is -0.617. The number of nitrogens with zero attached hydrogens (tertiary/aromatic N) is 8. The summed E-state index contributed by atoms with van der Waals surface area (Å²) < 4.78 is 4.72. The maximum absolute atomic E-state index is 12.6. The predicted octanol–water partition coefficient (Wildman–Crippen LogP) is 13.2. The summed E-state index contributed by atoms with van der Waals surface area (Å²) in [7, 11) is 0. The van der Waals surface area contributed by atoms with Crippen molar-refractivity contribution >= 4 is 11.9 Å². The van der Waals surface area contributed by atoms with E-state index >= 15 is 0 Å². The molecule has 4 saturated heterocycles. The van der Waals surface area contributed by atoms with Gasteiger partial charge >= 0.3 is 11.9 Å². The summed E-state index contributed by atoms with van der Waals surface area (Å²) in [6, 6.07) is 48.2. The van der Waals surface area contributed by atoms with E-state index in [1.165, 1.54) is 83.6 Å². The molecule has 6 aliphatic rings. The van der Waals surface area contributed by atoms with E-state index < -0.39 is 11.9 Å². The number of carboxylic acid groups (broad SMARTS) is 2. The van der Waals surface area contributed by atoms with E-state index in [2.05, 4.69) is 176 Å². The van der Waals surface area contributed by atoms with Crippen molar-refractivity contribution in [2.75, 3.05) is 65.4 Å². The molecule has 4 aliphatic heterocycles. The normalized spacial score (nSPS) is 23.5. The smallest absolute Gasteiger partial charge is 0.321 e. The molecule has 0 spiro atoms. The van der Waals surface area contributed by atoms with Crippen molar-refractivity contribution < 1.29 is 19.8 Å². The van der Waals surface area contributed by atoms with Gasteiger partial charge in [0.2, 0.25) is 0 Å². The molecule has 4 aromatic carbocycles. The molecule has 460 valence electrons. The van der Waals surface area contributed by atoms with Crippen LogP contribution in [-0.4, -0.2) is 139 Å². The van der Waals surface area contributed by atoms with Crippen LogP contribution in [0.4, 0.5) is 0 Å². The average Bonchev–Trinajstić information content (AvgIpc) is 3.57. The van der Waals surface area contributed by atoms with Gasteiger partial charge in [-0.1, -0.05) is 174 Å². The van der Waals surface area contributed by atoms with Gasteiger partial charge in [0, 0.05) is 88.7 Å². The van der Waals surface area contributed by atoms with E-state index in [1.54, 1.807) is 0 Å². The summed E-state index contributed by atoms with van der Waals surface area (Å²) in [5.74, 6) is 1.00. The second kappa shape index (κ2) is 30.3. The van der Waals surface area contributed by atoms with Gasteiger partial charge < -0.3 is 20.0 Å². The fourth-order valence-electron chi connectivity index (χ4n) is 16.5. The molecule has 12 heteroatoms. The number of carbonyl (C=O) groups is 2. The molecule has 6 aromatic rings. The molecule has 0 unspecified atom stereocenters.